The molecule has 0 saturated carbocycles. The molecule has 1 aromatic carbocycles. The van der Waals surface area contributed by atoms with Gasteiger partial charge in [-0.1, -0.05) is 24.3 Å². The predicted octanol–water partition coefficient (Wildman–Crippen LogP) is 2.02. The number of benzene rings is 1. The minimum absolute atomic E-state index is 0.0424. The van der Waals surface area contributed by atoms with E-state index in [9.17, 15) is 9.90 Å². The molecule has 2 aliphatic rings. The van der Waals surface area contributed by atoms with Crippen molar-refractivity contribution in [1.82, 2.24) is 9.80 Å². The van der Waals surface area contributed by atoms with Gasteiger partial charge in [-0.25, -0.2) is 0 Å². The molecule has 4 nitrogen and oxygen atoms in total. The number of nitrogens with zero attached hydrogens (tertiary/aromatic N) is 2. The third-order valence-electron chi connectivity index (χ3n) is 4.96. The lowest BCUT2D eigenvalue weighted by Crippen LogP contribution is -2.53. The predicted molar refractivity (Wildman–Crippen MR) is 91.4 cm³/mol. The Morgan fingerprint density at radius 2 is 1.91 bits per heavy atom. The number of piperazine rings is 1. The van der Waals surface area contributed by atoms with Crippen molar-refractivity contribution in [3.63, 3.8) is 0 Å². The maximum Gasteiger partial charge on any atom is 0.230 e. The van der Waals surface area contributed by atoms with Gasteiger partial charge in [-0.15, -0.1) is 0 Å². The van der Waals surface area contributed by atoms with Crippen LogP contribution in [-0.4, -0.2) is 59.1 Å². The second-order valence-electron chi connectivity index (χ2n) is 7.56. The van der Waals surface area contributed by atoms with E-state index >= 15 is 0 Å². The fourth-order valence-corrected chi connectivity index (χ4v) is 3.90. The SMILES string of the molecule is CC(C)(O)CN1CCN(C(=O)C2CCCc3ccccc32)CC1. The maximum absolute atomic E-state index is 13.0. The lowest BCUT2D eigenvalue weighted by atomic mass is 9.82. The van der Waals surface area contributed by atoms with Gasteiger partial charge in [0.15, 0.2) is 0 Å². The molecule has 1 heterocycles. The molecule has 1 fully saturated rings. The van der Waals surface area contributed by atoms with Crippen LogP contribution in [-0.2, 0) is 11.2 Å². The molecule has 0 bridgehead atoms. The van der Waals surface area contributed by atoms with Crippen molar-refractivity contribution in [3.05, 3.63) is 35.4 Å². The number of aryl methyl sites for hydroxylation is 1. The van der Waals surface area contributed by atoms with Crippen LogP contribution in [0.4, 0.5) is 0 Å². The highest BCUT2D eigenvalue weighted by Gasteiger charge is 2.32. The number of fused-ring (bicyclic) bond motifs is 1. The summed E-state index contributed by atoms with van der Waals surface area (Å²) >= 11 is 0. The average Bonchev–Trinajstić information content (AvgIpc) is 2.53. The van der Waals surface area contributed by atoms with Crippen molar-refractivity contribution >= 4 is 5.91 Å². The van der Waals surface area contributed by atoms with Crippen LogP contribution in [0.5, 0.6) is 0 Å². The highest BCUT2D eigenvalue weighted by atomic mass is 16.3. The zero-order valence-corrected chi connectivity index (χ0v) is 14.3. The van der Waals surface area contributed by atoms with Crippen LogP contribution in [0.1, 0.15) is 43.7 Å². The van der Waals surface area contributed by atoms with Gasteiger partial charge in [0.05, 0.1) is 11.5 Å². The van der Waals surface area contributed by atoms with E-state index in [1.54, 1.807) is 0 Å². The average molecular weight is 316 g/mol. The van der Waals surface area contributed by atoms with Gasteiger partial charge in [0.2, 0.25) is 5.91 Å². The van der Waals surface area contributed by atoms with Crippen molar-refractivity contribution in [2.75, 3.05) is 32.7 Å². The van der Waals surface area contributed by atoms with Crippen molar-refractivity contribution in [3.8, 4) is 0 Å². The Morgan fingerprint density at radius 3 is 2.61 bits per heavy atom. The van der Waals surface area contributed by atoms with Crippen molar-refractivity contribution in [2.45, 2.75) is 44.6 Å². The summed E-state index contributed by atoms with van der Waals surface area (Å²) in [5.74, 6) is 0.334. The number of aliphatic hydroxyl groups is 1. The number of carbonyl (C=O) groups excluding carboxylic acids is 1. The summed E-state index contributed by atoms with van der Waals surface area (Å²) in [5.41, 5.74) is 1.91. The first-order valence-electron chi connectivity index (χ1n) is 8.75. The van der Waals surface area contributed by atoms with E-state index in [2.05, 4.69) is 23.1 Å². The standard InChI is InChI=1S/C19H28N2O2/c1-19(2,23)14-20-10-12-21(13-11-20)18(22)17-9-5-7-15-6-3-4-8-16(15)17/h3-4,6,8,17,23H,5,7,9-14H2,1-2H3. The Balaban J connectivity index is 1.62. The van der Waals surface area contributed by atoms with E-state index in [0.29, 0.717) is 12.5 Å². The summed E-state index contributed by atoms with van der Waals surface area (Å²) in [7, 11) is 0. The highest BCUT2D eigenvalue weighted by molar-refractivity contribution is 5.84. The van der Waals surface area contributed by atoms with Crippen LogP contribution in [0.15, 0.2) is 24.3 Å². The van der Waals surface area contributed by atoms with Crippen LogP contribution in [0.2, 0.25) is 0 Å². The second-order valence-corrected chi connectivity index (χ2v) is 7.56. The smallest absolute Gasteiger partial charge is 0.230 e. The molecule has 1 unspecified atom stereocenters. The Bertz CT molecular complexity index is 557. The summed E-state index contributed by atoms with van der Waals surface area (Å²) in [4.78, 5) is 17.2. The normalized spacial score (nSPS) is 22.7. The summed E-state index contributed by atoms with van der Waals surface area (Å²) in [6.45, 7) is 7.59. The van der Waals surface area contributed by atoms with Gasteiger partial charge in [0, 0.05) is 32.7 Å². The Morgan fingerprint density at radius 1 is 1.22 bits per heavy atom. The zero-order valence-electron chi connectivity index (χ0n) is 14.3. The van der Waals surface area contributed by atoms with Gasteiger partial charge < -0.3 is 10.0 Å². The molecule has 1 aliphatic heterocycles. The van der Waals surface area contributed by atoms with Crippen LogP contribution in [0, 0.1) is 0 Å². The molecule has 23 heavy (non-hydrogen) atoms. The molecule has 3 rings (SSSR count). The quantitative estimate of drug-likeness (QED) is 0.928. The minimum Gasteiger partial charge on any atom is -0.389 e. The van der Waals surface area contributed by atoms with Crippen LogP contribution in [0.25, 0.3) is 0 Å². The van der Waals surface area contributed by atoms with E-state index in [0.717, 1.165) is 45.4 Å². The molecular formula is C19H28N2O2. The van der Waals surface area contributed by atoms with Crippen LogP contribution >= 0.6 is 0 Å². The molecule has 1 amide bonds. The monoisotopic (exact) mass is 316 g/mol. The molecule has 0 spiro atoms. The Hall–Kier alpha value is -1.39. The van der Waals surface area contributed by atoms with Gasteiger partial charge in [0.25, 0.3) is 0 Å². The summed E-state index contributed by atoms with van der Waals surface area (Å²) in [5, 5.41) is 9.94. The molecular weight excluding hydrogens is 288 g/mol. The first-order chi connectivity index (χ1) is 10.9. The van der Waals surface area contributed by atoms with E-state index in [1.807, 2.05) is 24.8 Å². The molecule has 1 aromatic rings. The van der Waals surface area contributed by atoms with Crippen molar-refractivity contribution in [1.29, 1.82) is 0 Å². The molecule has 0 radical (unpaired) electrons. The molecule has 1 atom stereocenters. The Labute approximate surface area is 139 Å². The van der Waals surface area contributed by atoms with Crippen molar-refractivity contribution < 1.29 is 9.90 Å². The largest absolute Gasteiger partial charge is 0.389 e. The van der Waals surface area contributed by atoms with E-state index in [4.69, 9.17) is 0 Å². The maximum atomic E-state index is 13.0. The van der Waals surface area contributed by atoms with Gasteiger partial charge in [-0.2, -0.15) is 0 Å². The fourth-order valence-electron chi connectivity index (χ4n) is 3.90. The molecule has 0 aromatic heterocycles. The molecule has 1 saturated heterocycles. The topological polar surface area (TPSA) is 43.8 Å². The minimum atomic E-state index is -0.672. The lowest BCUT2D eigenvalue weighted by molar-refractivity contribution is -0.135. The fraction of sp³-hybridized carbons (Fsp3) is 0.632. The summed E-state index contributed by atoms with van der Waals surface area (Å²) in [6, 6.07) is 8.41. The third-order valence-corrected chi connectivity index (χ3v) is 4.96. The van der Waals surface area contributed by atoms with E-state index in [1.165, 1.54) is 11.1 Å². The molecule has 1 N–H and O–H groups in total. The Kier molecular flexibility index (Phi) is 4.74. The third kappa shape index (κ3) is 3.93. The second kappa shape index (κ2) is 6.62. The van der Waals surface area contributed by atoms with Crippen molar-refractivity contribution in [2.24, 2.45) is 0 Å². The van der Waals surface area contributed by atoms with Gasteiger partial charge in [0.1, 0.15) is 0 Å². The van der Waals surface area contributed by atoms with Gasteiger partial charge in [-0.3, -0.25) is 9.69 Å². The van der Waals surface area contributed by atoms with Gasteiger partial charge in [-0.05, 0) is 44.2 Å². The summed E-state index contributed by atoms with van der Waals surface area (Å²) < 4.78 is 0. The number of hydrogen-bond acceptors (Lipinski definition) is 3. The molecule has 126 valence electrons. The molecule has 1 aliphatic carbocycles. The highest BCUT2D eigenvalue weighted by Crippen LogP contribution is 2.33. The summed E-state index contributed by atoms with van der Waals surface area (Å²) in [6.07, 6.45) is 3.17. The number of rotatable bonds is 3. The van der Waals surface area contributed by atoms with Gasteiger partial charge >= 0.3 is 0 Å². The number of β-amino-alcohol motifs (C(OH)–C–C–N with tert-alkyl or cyclic N) is 1. The molecule has 4 heteroatoms. The van der Waals surface area contributed by atoms with E-state index in [-0.39, 0.29) is 5.92 Å². The van der Waals surface area contributed by atoms with Crippen LogP contribution < -0.4 is 0 Å². The lowest BCUT2D eigenvalue weighted by Gasteiger charge is -2.39. The van der Waals surface area contributed by atoms with E-state index < -0.39 is 5.60 Å². The number of carbonyl (C=O) groups is 1. The zero-order chi connectivity index (χ0) is 16.4. The first kappa shape index (κ1) is 16.5. The number of amides is 1. The van der Waals surface area contributed by atoms with Crippen LogP contribution in [0.3, 0.4) is 0 Å². The first-order valence-corrected chi connectivity index (χ1v) is 8.75. The number of hydrogen-bond donors (Lipinski definition) is 1.